The van der Waals surface area contributed by atoms with Crippen molar-refractivity contribution in [2.24, 2.45) is 0 Å². The molecule has 96 valence electrons. The van der Waals surface area contributed by atoms with E-state index in [2.05, 4.69) is 27.1 Å². The summed E-state index contributed by atoms with van der Waals surface area (Å²) in [7, 11) is 5.72. The molecule has 0 aliphatic carbocycles. The third-order valence-electron chi connectivity index (χ3n) is 2.30. The van der Waals surface area contributed by atoms with Crippen LogP contribution in [0.25, 0.3) is 0 Å². The van der Waals surface area contributed by atoms with Crippen LogP contribution in [0.3, 0.4) is 0 Å². The summed E-state index contributed by atoms with van der Waals surface area (Å²) in [6.45, 7) is 3.94. The summed E-state index contributed by atoms with van der Waals surface area (Å²) in [6, 6.07) is 1.83. The topological polar surface area (TPSA) is 50.3 Å². The third kappa shape index (κ3) is 4.99. The fourth-order valence-electron chi connectivity index (χ4n) is 1.41. The highest BCUT2D eigenvalue weighted by molar-refractivity contribution is 5.38. The van der Waals surface area contributed by atoms with Crippen molar-refractivity contribution in [3.63, 3.8) is 0 Å². The first-order valence-corrected chi connectivity index (χ1v) is 5.96. The van der Waals surface area contributed by atoms with E-state index in [0.29, 0.717) is 5.88 Å². The van der Waals surface area contributed by atoms with Gasteiger partial charge in [-0.1, -0.05) is 6.92 Å². The van der Waals surface area contributed by atoms with Crippen molar-refractivity contribution in [1.82, 2.24) is 14.9 Å². The maximum absolute atomic E-state index is 5.17. The number of ether oxygens (including phenoxy) is 1. The Morgan fingerprint density at radius 3 is 2.71 bits per heavy atom. The lowest BCUT2D eigenvalue weighted by atomic mass is 10.3. The molecule has 17 heavy (non-hydrogen) atoms. The molecule has 1 heterocycles. The Kier molecular flexibility index (Phi) is 5.69. The molecule has 0 radical (unpaired) electrons. The van der Waals surface area contributed by atoms with Crippen molar-refractivity contribution in [3.05, 3.63) is 11.9 Å². The summed E-state index contributed by atoms with van der Waals surface area (Å²) in [5, 5.41) is 3.28. The van der Waals surface area contributed by atoms with Crippen LogP contribution in [-0.4, -0.2) is 49.2 Å². The SMILES string of the molecule is CCCc1nc(NCCN(C)C)cc(OC)n1. The Morgan fingerprint density at radius 2 is 2.12 bits per heavy atom. The smallest absolute Gasteiger partial charge is 0.218 e. The molecule has 0 fully saturated rings. The van der Waals surface area contributed by atoms with Gasteiger partial charge < -0.3 is 15.0 Å². The van der Waals surface area contributed by atoms with Gasteiger partial charge in [-0.2, -0.15) is 4.98 Å². The second-order valence-corrected chi connectivity index (χ2v) is 4.19. The van der Waals surface area contributed by atoms with E-state index >= 15 is 0 Å². The number of hydrogen-bond donors (Lipinski definition) is 1. The molecule has 0 bridgehead atoms. The van der Waals surface area contributed by atoms with Gasteiger partial charge in [0.1, 0.15) is 11.6 Å². The van der Waals surface area contributed by atoms with E-state index in [9.17, 15) is 0 Å². The predicted molar refractivity (Wildman–Crippen MR) is 69.6 cm³/mol. The van der Waals surface area contributed by atoms with Gasteiger partial charge in [0.05, 0.1) is 7.11 Å². The highest BCUT2D eigenvalue weighted by Gasteiger charge is 2.04. The van der Waals surface area contributed by atoms with Crippen molar-refractivity contribution in [1.29, 1.82) is 0 Å². The first-order chi connectivity index (χ1) is 8.15. The second kappa shape index (κ2) is 7.06. The summed E-state index contributed by atoms with van der Waals surface area (Å²) < 4.78 is 5.17. The van der Waals surface area contributed by atoms with Gasteiger partial charge in [-0.25, -0.2) is 4.98 Å². The lowest BCUT2D eigenvalue weighted by Gasteiger charge is -2.12. The average Bonchev–Trinajstić information content (AvgIpc) is 2.28. The highest BCUT2D eigenvalue weighted by Crippen LogP contribution is 2.13. The van der Waals surface area contributed by atoms with E-state index in [-0.39, 0.29) is 0 Å². The molecule has 1 N–H and O–H groups in total. The van der Waals surface area contributed by atoms with Crippen molar-refractivity contribution >= 4 is 5.82 Å². The lowest BCUT2D eigenvalue weighted by Crippen LogP contribution is -2.21. The Morgan fingerprint density at radius 1 is 1.35 bits per heavy atom. The summed E-state index contributed by atoms with van der Waals surface area (Å²) >= 11 is 0. The first kappa shape index (κ1) is 13.7. The molecule has 0 aliphatic heterocycles. The van der Waals surface area contributed by atoms with Crippen LogP contribution in [0.15, 0.2) is 6.07 Å². The minimum Gasteiger partial charge on any atom is -0.481 e. The summed E-state index contributed by atoms with van der Waals surface area (Å²) in [6.07, 6.45) is 1.91. The van der Waals surface area contributed by atoms with E-state index in [1.807, 2.05) is 20.2 Å². The standard InChI is InChI=1S/C12H22N4O/c1-5-6-10-14-11(9-12(15-10)17-4)13-7-8-16(2)3/h9H,5-8H2,1-4H3,(H,13,14,15). The number of likely N-dealkylation sites (N-methyl/N-ethyl adjacent to an activating group) is 1. The molecule has 1 rings (SSSR count). The van der Waals surface area contributed by atoms with Gasteiger partial charge in [-0.15, -0.1) is 0 Å². The Bertz CT molecular complexity index is 341. The van der Waals surface area contributed by atoms with Gasteiger partial charge in [0, 0.05) is 25.6 Å². The normalized spacial score (nSPS) is 10.6. The molecule has 0 aliphatic rings. The zero-order chi connectivity index (χ0) is 12.7. The minimum atomic E-state index is 0.621. The van der Waals surface area contributed by atoms with Gasteiger partial charge in [0.2, 0.25) is 5.88 Å². The molecule has 0 spiro atoms. The molecule has 5 nitrogen and oxygen atoms in total. The van der Waals surface area contributed by atoms with Crippen LogP contribution in [0.1, 0.15) is 19.2 Å². The van der Waals surface area contributed by atoms with E-state index < -0.39 is 0 Å². The molecule has 0 atom stereocenters. The maximum Gasteiger partial charge on any atom is 0.218 e. The predicted octanol–water partition coefficient (Wildman–Crippen LogP) is 1.41. The number of hydrogen-bond acceptors (Lipinski definition) is 5. The van der Waals surface area contributed by atoms with E-state index in [1.54, 1.807) is 7.11 Å². The fraction of sp³-hybridized carbons (Fsp3) is 0.667. The van der Waals surface area contributed by atoms with E-state index in [4.69, 9.17) is 4.74 Å². The Hall–Kier alpha value is -1.36. The third-order valence-corrected chi connectivity index (χ3v) is 2.30. The fourth-order valence-corrected chi connectivity index (χ4v) is 1.41. The second-order valence-electron chi connectivity index (χ2n) is 4.19. The lowest BCUT2D eigenvalue weighted by molar-refractivity contribution is 0.394. The van der Waals surface area contributed by atoms with Crippen LogP contribution in [0.5, 0.6) is 5.88 Å². The van der Waals surface area contributed by atoms with E-state index in [1.165, 1.54) is 0 Å². The molecule has 5 heteroatoms. The van der Waals surface area contributed by atoms with Crippen molar-refractivity contribution in [3.8, 4) is 5.88 Å². The summed E-state index contributed by atoms with van der Waals surface area (Å²) in [4.78, 5) is 10.9. The van der Waals surface area contributed by atoms with Gasteiger partial charge in [-0.05, 0) is 20.5 Å². The average molecular weight is 238 g/mol. The number of anilines is 1. The van der Waals surface area contributed by atoms with Crippen LogP contribution >= 0.6 is 0 Å². The summed E-state index contributed by atoms with van der Waals surface area (Å²) in [5.74, 6) is 2.29. The van der Waals surface area contributed by atoms with Crippen LogP contribution in [0.2, 0.25) is 0 Å². The highest BCUT2D eigenvalue weighted by atomic mass is 16.5. The van der Waals surface area contributed by atoms with Gasteiger partial charge in [0.25, 0.3) is 0 Å². The molecule has 0 unspecified atom stereocenters. The van der Waals surface area contributed by atoms with Crippen LogP contribution < -0.4 is 10.1 Å². The van der Waals surface area contributed by atoms with Crippen molar-refractivity contribution in [2.45, 2.75) is 19.8 Å². The van der Waals surface area contributed by atoms with Crippen LogP contribution in [0, 0.1) is 0 Å². The minimum absolute atomic E-state index is 0.621. The zero-order valence-electron chi connectivity index (χ0n) is 11.2. The summed E-state index contributed by atoms with van der Waals surface area (Å²) in [5.41, 5.74) is 0. The largest absolute Gasteiger partial charge is 0.481 e. The van der Waals surface area contributed by atoms with Crippen LogP contribution in [0.4, 0.5) is 5.82 Å². The molecule has 0 saturated heterocycles. The molecular formula is C12H22N4O. The van der Waals surface area contributed by atoms with Crippen molar-refractivity contribution < 1.29 is 4.74 Å². The number of aromatic nitrogens is 2. The number of methoxy groups -OCH3 is 1. The van der Waals surface area contributed by atoms with Gasteiger partial charge >= 0.3 is 0 Å². The quantitative estimate of drug-likeness (QED) is 0.778. The van der Waals surface area contributed by atoms with E-state index in [0.717, 1.165) is 37.6 Å². The molecule has 0 amide bonds. The first-order valence-electron chi connectivity index (χ1n) is 5.96. The number of rotatable bonds is 7. The van der Waals surface area contributed by atoms with Gasteiger partial charge in [-0.3, -0.25) is 0 Å². The van der Waals surface area contributed by atoms with Gasteiger partial charge in [0.15, 0.2) is 0 Å². The monoisotopic (exact) mass is 238 g/mol. The number of aryl methyl sites for hydroxylation is 1. The molecule has 0 saturated carbocycles. The van der Waals surface area contributed by atoms with Crippen LogP contribution in [-0.2, 0) is 6.42 Å². The molecule has 1 aromatic rings. The molecule has 0 aromatic carbocycles. The van der Waals surface area contributed by atoms with Crippen molar-refractivity contribution in [2.75, 3.05) is 39.6 Å². The number of nitrogens with one attached hydrogen (secondary N) is 1. The zero-order valence-corrected chi connectivity index (χ0v) is 11.2. The molecule has 1 aromatic heterocycles. The number of nitrogens with zero attached hydrogens (tertiary/aromatic N) is 3. The molecular weight excluding hydrogens is 216 g/mol. The Labute approximate surface area is 103 Å². The Balaban J connectivity index is 2.66. The maximum atomic E-state index is 5.17.